The molecular weight excluding hydrogens is 629 g/mol. The summed E-state index contributed by atoms with van der Waals surface area (Å²) in [5.74, 6) is 0.592. The van der Waals surface area contributed by atoms with Crippen LogP contribution in [0.2, 0.25) is 0 Å². The molecule has 0 aliphatic carbocycles. The zero-order valence-electron chi connectivity index (χ0n) is 27.7. The van der Waals surface area contributed by atoms with E-state index in [1.165, 1.54) is 12.7 Å². The maximum atomic E-state index is 4.97. The molecule has 8 nitrogen and oxygen atoms in total. The summed E-state index contributed by atoms with van der Waals surface area (Å²) in [7, 11) is 0. The van der Waals surface area contributed by atoms with Crippen molar-refractivity contribution in [3.63, 3.8) is 0 Å². The van der Waals surface area contributed by atoms with Crippen molar-refractivity contribution in [1.82, 2.24) is 34.1 Å². The third kappa shape index (κ3) is 5.17. The number of rotatable bonds is 7. The van der Waals surface area contributed by atoms with Crippen LogP contribution in [0.1, 0.15) is 11.3 Å². The predicted molar refractivity (Wildman–Crippen MR) is 206 cm³/mol. The molecule has 9 aromatic rings. The standard InChI is InChI=1S/C43H30N8/c1-28-36(17-19-44-2)38-21-31(29-8-5-9-30(20-29)32-10-7-18-45-24-32)15-16-41(38)50(28)34-11-6-12-35(23-34)51-40-14-4-3-13-37(40)39-22-33(25-47-43(39)51)42-48-26-46-27-49-42/h3-27H,2H2,1H3/b19-17-. The average Bonchev–Trinajstić information content (AvgIpc) is 3.68. The van der Waals surface area contributed by atoms with Gasteiger partial charge in [-0.05, 0) is 91.0 Å². The summed E-state index contributed by atoms with van der Waals surface area (Å²) < 4.78 is 4.54. The van der Waals surface area contributed by atoms with Crippen LogP contribution < -0.4 is 0 Å². The Morgan fingerprint density at radius 2 is 1.31 bits per heavy atom. The molecule has 0 aliphatic heterocycles. The summed E-state index contributed by atoms with van der Waals surface area (Å²) >= 11 is 0. The van der Waals surface area contributed by atoms with E-state index in [-0.39, 0.29) is 0 Å². The van der Waals surface area contributed by atoms with E-state index in [4.69, 9.17) is 4.98 Å². The second kappa shape index (κ2) is 12.4. The highest BCUT2D eigenvalue weighted by Gasteiger charge is 2.18. The Labute approximate surface area is 293 Å². The normalized spacial score (nSPS) is 11.6. The van der Waals surface area contributed by atoms with Crippen molar-refractivity contribution in [3.8, 4) is 45.0 Å². The van der Waals surface area contributed by atoms with Crippen LogP contribution in [0, 0.1) is 6.92 Å². The van der Waals surface area contributed by atoms with Crippen molar-refractivity contribution in [2.24, 2.45) is 4.99 Å². The van der Waals surface area contributed by atoms with E-state index in [0.717, 1.165) is 83.3 Å². The maximum Gasteiger partial charge on any atom is 0.164 e. The van der Waals surface area contributed by atoms with Gasteiger partial charge in [0.2, 0.25) is 0 Å². The van der Waals surface area contributed by atoms with Crippen molar-refractivity contribution < 1.29 is 0 Å². The Morgan fingerprint density at radius 3 is 2.14 bits per heavy atom. The average molecular weight is 659 g/mol. The van der Waals surface area contributed by atoms with Crippen LogP contribution in [-0.2, 0) is 0 Å². The highest BCUT2D eigenvalue weighted by Crippen LogP contribution is 2.37. The number of fused-ring (bicyclic) bond motifs is 4. The van der Waals surface area contributed by atoms with Crippen molar-refractivity contribution >= 4 is 45.6 Å². The number of hydrogen-bond acceptors (Lipinski definition) is 6. The number of benzene rings is 4. The van der Waals surface area contributed by atoms with E-state index < -0.39 is 0 Å². The monoisotopic (exact) mass is 658 g/mol. The third-order valence-corrected chi connectivity index (χ3v) is 9.40. The second-order valence-electron chi connectivity index (χ2n) is 12.3. The highest BCUT2D eigenvalue weighted by molar-refractivity contribution is 6.09. The molecule has 0 spiro atoms. The van der Waals surface area contributed by atoms with Crippen LogP contribution in [0.4, 0.5) is 0 Å². The fourth-order valence-corrected chi connectivity index (χ4v) is 7.09. The van der Waals surface area contributed by atoms with Gasteiger partial charge in [-0.25, -0.2) is 19.9 Å². The molecule has 9 rings (SSSR count). The summed E-state index contributed by atoms with van der Waals surface area (Å²) in [6.45, 7) is 5.85. The van der Waals surface area contributed by atoms with Gasteiger partial charge < -0.3 is 4.57 Å². The van der Waals surface area contributed by atoms with Crippen LogP contribution >= 0.6 is 0 Å². The van der Waals surface area contributed by atoms with Crippen molar-refractivity contribution in [2.75, 3.05) is 0 Å². The number of para-hydroxylation sites is 1. The fraction of sp³-hybridized carbons (Fsp3) is 0.0233. The van der Waals surface area contributed by atoms with Gasteiger partial charge in [-0.1, -0.05) is 54.6 Å². The van der Waals surface area contributed by atoms with E-state index in [0.29, 0.717) is 5.82 Å². The summed E-state index contributed by atoms with van der Waals surface area (Å²) in [4.78, 5) is 26.0. The van der Waals surface area contributed by atoms with Crippen LogP contribution in [0.5, 0.6) is 0 Å². The molecule has 5 heterocycles. The summed E-state index contributed by atoms with van der Waals surface area (Å²) in [5.41, 5.74) is 12.6. The van der Waals surface area contributed by atoms with Gasteiger partial charge in [0.1, 0.15) is 18.3 Å². The van der Waals surface area contributed by atoms with Crippen LogP contribution in [0.25, 0.3) is 83.9 Å². The highest BCUT2D eigenvalue weighted by atomic mass is 15.1. The lowest BCUT2D eigenvalue weighted by molar-refractivity contribution is 1.04. The van der Waals surface area contributed by atoms with Gasteiger partial charge in [-0.3, -0.25) is 14.5 Å². The summed E-state index contributed by atoms with van der Waals surface area (Å²) in [6, 6.07) is 38.5. The van der Waals surface area contributed by atoms with Gasteiger partial charge in [-0.2, -0.15) is 0 Å². The van der Waals surface area contributed by atoms with Crippen molar-refractivity contribution in [3.05, 3.63) is 158 Å². The largest absolute Gasteiger partial charge is 0.313 e. The van der Waals surface area contributed by atoms with Crippen LogP contribution in [-0.4, -0.2) is 40.8 Å². The molecule has 0 saturated carbocycles. The summed E-state index contributed by atoms with van der Waals surface area (Å²) in [6.07, 6.45) is 12.3. The zero-order chi connectivity index (χ0) is 34.3. The first-order chi connectivity index (χ1) is 25.2. The van der Waals surface area contributed by atoms with Gasteiger partial charge in [0, 0.05) is 74.7 Å². The number of nitrogens with zero attached hydrogens (tertiary/aromatic N) is 8. The molecule has 0 bridgehead atoms. The first kappa shape index (κ1) is 30.0. The molecule has 5 aromatic heterocycles. The molecule has 0 saturated heterocycles. The molecule has 242 valence electrons. The van der Waals surface area contributed by atoms with Gasteiger partial charge in [-0.15, -0.1) is 0 Å². The molecule has 4 aromatic carbocycles. The number of aromatic nitrogens is 7. The van der Waals surface area contributed by atoms with Gasteiger partial charge in [0.05, 0.1) is 11.0 Å². The molecule has 8 heteroatoms. The molecule has 51 heavy (non-hydrogen) atoms. The fourth-order valence-electron chi connectivity index (χ4n) is 7.09. The zero-order valence-corrected chi connectivity index (χ0v) is 27.7. The molecule has 0 fully saturated rings. The smallest absolute Gasteiger partial charge is 0.164 e. The first-order valence-electron chi connectivity index (χ1n) is 16.6. The minimum absolute atomic E-state index is 0.592. The Balaban J connectivity index is 1.19. The Hall–Kier alpha value is -7.06. The predicted octanol–water partition coefficient (Wildman–Crippen LogP) is 9.68. The SMILES string of the molecule is C=N/C=C\c1c(C)n(-c2cccc(-n3c4ccccc4c4cc(-c5ncncn5)cnc43)c2)c2ccc(-c3cccc(-c4cccnc4)c3)cc12. The van der Waals surface area contributed by atoms with Gasteiger partial charge in [0.25, 0.3) is 0 Å². The number of aliphatic imine (C=N–C) groups is 1. The van der Waals surface area contributed by atoms with E-state index in [9.17, 15) is 0 Å². The van der Waals surface area contributed by atoms with Crippen LogP contribution in [0.3, 0.4) is 0 Å². The third-order valence-electron chi connectivity index (χ3n) is 9.40. The maximum absolute atomic E-state index is 4.97. The second-order valence-corrected chi connectivity index (χ2v) is 12.3. The molecule has 0 unspecified atom stereocenters. The van der Waals surface area contributed by atoms with E-state index in [1.807, 2.05) is 24.5 Å². The molecule has 0 radical (unpaired) electrons. The molecule has 0 N–H and O–H groups in total. The number of hydrogen-bond donors (Lipinski definition) is 0. The minimum Gasteiger partial charge on any atom is -0.313 e. The molecule has 0 atom stereocenters. The molecule has 0 amide bonds. The lowest BCUT2D eigenvalue weighted by atomic mass is 9.98. The topological polar surface area (TPSA) is 86.7 Å². The van der Waals surface area contributed by atoms with E-state index >= 15 is 0 Å². The Kier molecular flexibility index (Phi) is 7.32. The quantitative estimate of drug-likeness (QED) is 0.159. The lowest BCUT2D eigenvalue weighted by Gasteiger charge is -2.13. The Bertz CT molecular complexity index is 2780. The minimum atomic E-state index is 0.592. The van der Waals surface area contributed by atoms with E-state index in [1.54, 1.807) is 12.4 Å². The molecule has 0 aliphatic rings. The van der Waals surface area contributed by atoms with Gasteiger partial charge >= 0.3 is 0 Å². The van der Waals surface area contributed by atoms with E-state index in [2.05, 4.69) is 151 Å². The van der Waals surface area contributed by atoms with Gasteiger partial charge in [0.15, 0.2) is 5.82 Å². The van der Waals surface area contributed by atoms with Crippen molar-refractivity contribution in [2.45, 2.75) is 6.92 Å². The summed E-state index contributed by atoms with van der Waals surface area (Å²) in [5, 5.41) is 3.26. The molecular formula is C43H30N8. The number of pyridine rings is 2. The Morgan fingerprint density at radius 1 is 0.588 bits per heavy atom. The van der Waals surface area contributed by atoms with Crippen molar-refractivity contribution in [1.29, 1.82) is 0 Å². The van der Waals surface area contributed by atoms with Crippen LogP contribution in [0.15, 0.2) is 152 Å². The first-order valence-corrected chi connectivity index (χ1v) is 16.6. The lowest BCUT2D eigenvalue weighted by Crippen LogP contribution is -2.01.